The third-order valence-corrected chi connectivity index (χ3v) is 4.66. The summed E-state index contributed by atoms with van der Waals surface area (Å²) in [6.07, 6.45) is 1.25. The fraction of sp³-hybridized carbons (Fsp3) is 0.538. The van der Waals surface area contributed by atoms with E-state index in [-0.39, 0.29) is 18.4 Å². The van der Waals surface area contributed by atoms with E-state index in [0.29, 0.717) is 5.92 Å². The predicted molar refractivity (Wildman–Crippen MR) is 86.1 cm³/mol. The predicted octanol–water partition coefficient (Wildman–Crippen LogP) is 4.43. The van der Waals surface area contributed by atoms with Crippen molar-refractivity contribution in [2.45, 2.75) is 38.8 Å². The molecule has 0 radical (unpaired) electrons. The zero-order chi connectivity index (χ0) is 13.0. The lowest BCUT2D eigenvalue weighted by Gasteiger charge is -2.20. The Bertz CT molecular complexity index is 374. The molecular formula is C13H20Br2ClNO. The van der Waals surface area contributed by atoms with Gasteiger partial charge in [-0.2, -0.15) is 0 Å². The lowest BCUT2D eigenvalue weighted by atomic mass is 9.96. The molecule has 0 fully saturated rings. The van der Waals surface area contributed by atoms with Crippen LogP contribution >= 0.6 is 44.3 Å². The van der Waals surface area contributed by atoms with Gasteiger partial charge in [0.15, 0.2) is 0 Å². The van der Waals surface area contributed by atoms with Crippen molar-refractivity contribution in [3.63, 3.8) is 0 Å². The van der Waals surface area contributed by atoms with Gasteiger partial charge in [0.05, 0.1) is 12.1 Å². The van der Waals surface area contributed by atoms with E-state index in [1.54, 1.807) is 0 Å². The standard InChI is InChI=1S/C13H19Br2NO.ClH/c1-8(2)3-6-12(17)13(16)9-4-5-10(14)11(15)7-9;/h4-5,7-8,12-13,17H,3,6,16H2,1-2H3;1H/t12-,13+;/m0./s1. The Morgan fingerprint density at radius 1 is 1.17 bits per heavy atom. The molecule has 0 amide bonds. The number of aliphatic hydroxyl groups is 1. The molecule has 0 aliphatic rings. The van der Waals surface area contributed by atoms with Crippen molar-refractivity contribution >= 4 is 44.3 Å². The first-order chi connectivity index (χ1) is 7.91. The molecule has 0 unspecified atom stereocenters. The largest absolute Gasteiger partial charge is 0.391 e. The summed E-state index contributed by atoms with van der Waals surface area (Å²) in [5.41, 5.74) is 7.01. The number of rotatable bonds is 5. The minimum absolute atomic E-state index is 0. The van der Waals surface area contributed by atoms with Gasteiger partial charge in [-0.25, -0.2) is 0 Å². The van der Waals surface area contributed by atoms with Gasteiger partial charge < -0.3 is 10.8 Å². The average molecular weight is 402 g/mol. The third kappa shape index (κ3) is 5.57. The normalized spacial score (nSPS) is 14.2. The van der Waals surface area contributed by atoms with Crippen LogP contribution in [0.1, 0.15) is 38.3 Å². The van der Waals surface area contributed by atoms with Crippen LogP contribution in [0.15, 0.2) is 27.1 Å². The SMILES string of the molecule is CC(C)CC[C@H](O)[C@H](N)c1ccc(Br)c(Br)c1.Cl. The van der Waals surface area contributed by atoms with Crippen LogP contribution in [0.2, 0.25) is 0 Å². The van der Waals surface area contributed by atoms with Gasteiger partial charge in [-0.05, 0) is 68.3 Å². The number of hydrogen-bond donors (Lipinski definition) is 2. The van der Waals surface area contributed by atoms with Crippen molar-refractivity contribution in [1.29, 1.82) is 0 Å². The second-order valence-corrected chi connectivity index (χ2v) is 6.45. The first-order valence-electron chi connectivity index (χ1n) is 5.80. The highest BCUT2D eigenvalue weighted by Crippen LogP contribution is 2.27. The van der Waals surface area contributed by atoms with E-state index >= 15 is 0 Å². The van der Waals surface area contributed by atoms with Crippen molar-refractivity contribution in [3.05, 3.63) is 32.7 Å². The summed E-state index contributed by atoms with van der Waals surface area (Å²) >= 11 is 6.86. The van der Waals surface area contributed by atoms with Crippen LogP contribution in [0.5, 0.6) is 0 Å². The zero-order valence-corrected chi connectivity index (χ0v) is 14.6. The van der Waals surface area contributed by atoms with E-state index in [9.17, 15) is 5.11 Å². The number of hydrogen-bond acceptors (Lipinski definition) is 2. The van der Waals surface area contributed by atoms with E-state index in [0.717, 1.165) is 27.4 Å². The number of aliphatic hydroxyl groups excluding tert-OH is 1. The number of benzene rings is 1. The van der Waals surface area contributed by atoms with Crippen LogP contribution in [0, 0.1) is 5.92 Å². The highest BCUT2D eigenvalue weighted by Gasteiger charge is 2.17. The Hall–Kier alpha value is 0.390. The smallest absolute Gasteiger partial charge is 0.0732 e. The van der Waals surface area contributed by atoms with E-state index in [1.165, 1.54) is 0 Å². The molecule has 1 aromatic carbocycles. The molecule has 0 aromatic heterocycles. The molecule has 104 valence electrons. The molecule has 1 aromatic rings. The third-order valence-electron chi connectivity index (χ3n) is 2.78. The van der Waals surface area contributed by atoms with Gasteiger partial charge in [0.25, 0.3) is 0 Å². The van der Waals surface area contributed by atoms with Crippen LogP contribution in [0.4, 0.5) is 0 Å². The maximum atomic E-state index is 10.0. The van der Waals surface area contributed by atoms with Crippen LogP contribution in [-0.4, -0.2) is 11.2 Å². The first-order valence-corrected chi connectivity index (χ1v) is 7.39. The van der Waals surface area contributed by atoms with Gasteiger partial charge in [0.1, 0.15) is 0 Å². The minimum Gasteiger partial charge on any atom is -0.391 e. The topological polar surface area (TPSA) is 46.2 Å². The molecule has 3 N–H and O–H groups in total. The molecule has 1 rings (SSSR count). The van der Waals surface area contributed by atoms with Gasteiger partial charge in [-0.3, -0.25) is 0 Å². The highest BCUT2D eigenvalue weighted by atomic mass is 79.9. The summed E-state index contributed by atoms with van der Waals surface area (Å²) in [6.45, 7) is 4.29. The molecule has 5 heteroatoms. The van der Waals surface area contributed by atoms with Crippen molar-refractivity contribution in [3.8, 4) is 0 Å². The summed E-state index contributed by atoms with van der Waals surface area (Å²) in [4.78, 5) is 0. The van der Waals surface area contributed by atoms with Crippen molar-refractivity contribution in [2.24, 2.45) is 11.7 Å². The molecule has 0 saturated carbocycles. The van der Waals surface area contributed by atoms with E-state index in [4.69, 9.17) is 5.73 Å². The number of nitrogens with two attached hydrogens (primary N) is 1. The Morgan fingerprint density at radius 3 is 2.28 bits per heavy atom. The zero-order valence-electron chi connectivity index (χ0n) is 10.6. The quantitative estimate of drug-likeness (QED) is 0.767. The van der Waals surface area contributed by atoms with Crippen LogP contribution in [0.25, 0.3) is 0 Å². The first kappa shape index (κ1) is 18.4. The van der Waals surface area contributed by atoms with Crippen molar-refractivity contribution < 1.29 is 5.11 Å². The molecule has 2 nitrogen and oxygen atoms in total. The van der Waals surface area contributed by atoms with E-state index in [2.05, 4.69) is 45.7 Å². The Labute approximate surface area is 132 Å². The van der Waals surface area contributed by atoms with Crippen LogP contribution in [-0.2, 0) is 0 Å². The van der Waals surface area contributed by atoms with E-state index < -0.39 is 6.10 Å². The second kappa shape index (κ2) is 8.54. The molecule has 0 heterocycles. The van der Waals surface area contributed by atoms with Crippen molar-refractivity contribution in [1.82, 2.24) is 0 Å². The number of halogens is 3. The molecule has 0 saturated heterocycles. The molecule has 2 atom stereocenters. The van der Waals surface area contributed by atoms with Gasteiger partial charge in [0, 0.05) is 8.95 Å². The lowest BCUT2D eigenvalue weighted by Crippen LogP contribution is -2.26. The minimum atomic E-state index is -0.481. The summed E-state index contributed by atoms with van der Waals surface area (Å²) < 4.78 is 1.95. The Kier molecular flexibility index (Phi) is 8.72. The molecule has 0 spiro atoms. The summed E-state index contributed by atoms with van der Waals surface area (Å²) in [7, 11) is 0. The van der Waals surface area contributed by atoms with E-state index in [1.807, 2.05) is 18.2 Å². The molecular weight excluding hydrogens is 381 g/mol. The average Bonchev–Trinajstić information content (AvgIpc) is 2.28. The van der Waals surface area contributed by atoms with Gasteiger partial charge in [0.2, 0.25) is 0 Å². The molecule has 18 heavy (non-hydrogen) atoms. The monoisotopic (exact) mass is 399 g/mol. The summed E-state index contributed by atoms with van der Waals surface area (Å²) in [5.74, 6) is 0.591. The van der Waals surface area contributed by atoms with Gasteiger partial charge >= 0.3 is 0 Å². The summed E-state index contributed by atoms with van der Waals surface area (Å²) in [6, 6.07) is 5.51. The van der Waals surface area contributed by atoms with Gasteiger partial charge in [-0.15, -0.1) is 12.4 Å². The second-order valence-electron chi connectivity index (χ2n) is 4.74. The fourth-order valence-electron chi connectivity index (χ4n) is 1.63. The van der Waals surface area contributed by atoms with Crippen LogP contribution < -0.4 is 5.73 Å². The molecule has 0 aliphatic carbocycles. The van der Waals surface area contributed by atoms with Crippen LogP contribution in [0.3, 0.4) is 0 Å². The van der Waals surface area contributed by atoms with Gasteiger partial charge in [-0.1, -0.05) is 19.9 Å². The maximum Gasteiger partial charge on any atom is 0.0732 e. The highest BCUT2D eigenvalue weighted by molar-refractivity contribution is 9.13. The maximum absolute atomic E-state index is 10.0. The molecule has 0 bridgehead atoms. The van der Waals surface area contributed by atoms with Crippen molar-refractivity contribution in [2.75, 3.05) is 0 Å². The molecule has 0 aliphatic heterocycles. The fourth-order valence-corrected chi connectivity index (χ4v) is 2.27. The Morgan fingerprint density at radius 2 is 1.78 bits per heavy atom. The Balaban J connectivity index is 0.00000289. The summed E-state index contributed by atoms with van der Waals surface area (Å²) in [5, 5.41) is 10.0. The lowest BCUT2D eigenvalue weighted by molar-refractivity contribution is 0.128.